The summed E-state index contributed by atoms with van der Waals surface area (Å²) in [5.41, 5.74) is 6.71. The summed E-state index contributed by atoms with van der Waals surface area (Å²) in [5, 5.41) is 0. The van der Waals surface area contributed by atoms with E-state index in [1.165, 1.54) is 0 Å². The molecular weight excluding hydrogens is 304 g/mol. The van der Waals surface area contributed by atoms with Crippen LogP contribution in [0.15, 0.2) is 30.3 Å². The van der Waals surface area contributed by atoms with Crippen molar-refractivity contribution in [3.8, 4) is 0 Å². The maximum atomic E-state index is 12.6. The van der Waals surface area contributed by atoms with Crippen LogP contribution in [0.2, 0.25) is 0 Å². The van der Waals surface area contributed by atoms with E-state index >= 15 is 0 Å². The van der Waals surface area contributed by atoms with Crippen molar-refractivity contribution in [2.24, 2.45) is 5.73 Å². The van der Waals surface area contributed by atoms with E-state index in [0.29, 0.717) is 26.1 Å². The van der Waals surface area contributed by atoms with E-state index in [-0.39, 0.29) is 36.6 Å². The highest BCUT2D eigenvalue weighted by atomic mass is 35.5. The Morgan fingerprint density at radius 1 is 1.45 bits per heavy atom. The lowest BCUT2D eigenvalue weighted by Gasteiger charge is -2.39. The zero-order valence-corrected chi connectivity index (χ0v) is 13.9. The second-order valence-electron chi connectivity index (χ2n) is 5.41. The molecule has 0 radical (unpaired) electrons. The number of amides is 1. The second kappa shape index (κ2) is 9.10. The third kappa shape index (κ3) is 4.68. The lowest BCUT2D eigenvalue weighted by molar-refractivity contribution is -0.147. The molecule has 2 rings (SSSR count). The van der Waals surface area contributed by atoms with Gasteiger partial charge in [0.05, 0.1) is 31.3 Å². The van der Waals surface area contributed by atoms with Crippen LogP contribution in [-0.4, -0.2) is 49.8 Å². The lowest BCUT2D eigenvalue weighted by Crippen LogP contribution is -2.48. The number of hydrogen-bond acceptors (Lipinski definition) is 4. The number of halogens is 1. The Hall–Kier alpha value is -1.14. The second-order valence-corrected chi connectivity index (χ2v) is 5.41. The van der Waals surface area contributed by atoms with Crippen LogP contribution in [0.4, 0.5) is 0 Å². The summed E-state index contributed by atoms with van der Waals surface area (Å²) in [4.78, 5) is 14.5. The monoisotopic (exact) mass is 328 g/mol. The summed E-state index contributed by atoms with van der Waals surface area (Å²) < 4.78 is 11.0. The SMILES string of the molecule is COC(CN)CC(=O)N1CC(C)OCC1c1ccccc1.Cl. The Morgan fingerprint density at radius 2 is 2.14 bits per heavy atom. The van der Waals surface area contributed by atoms with Gasteiger partial charge in [0.25, 0.3) is 0 Å². The molecule has 1 aliphatic heterocycles. The summed E-state index contributed by atoms with van der Waals surface area (Å²) in [5.74, 6) is 0.0660. The van der Waals surface area contributed by atoms with Crippen molar-refractivity contribution in [2.75, 3.05) is 26.8 Å². The van der Waals surface area contributed by atoms with Crippen LogP contribution < -0.4 is 5.73 Å². The molecule has 1 aromatic rings. The van der Waals surface area contributed by atoms with Crippen LogP contribution in [0.25, 0.3) is 0 Å². The van der Waals surface area contributed by atoms with Gasteiger partial charge in [0.15, 0.2) is 0 Å². The third-order valence-electron chi connectivity index (χ3n) is 3.87. The number of nitrogens with two attached hydrogens (primary N) is 1. The molecule has 6 heteroatoms. The van der Waals surface area contributed by atoms with Gasteiger partial charge in [-0.2, -0.15) is 0 Å². The van der Waals surface area contributed by atoms with E-state index < -0.39 is 0 Å². The van der Waals surface area contributed by atoms with E-state index in [1.54, 1.807) is 7.11 Å². The first-order chi connectivity index (χ1) is 10.2. The van der Waals surface area contributed by atoms with Gasteiger partial charge in [0.2, 0.25) is 5.91 Å². The summed E-state index contributed by atoms with van der Waals surface area (Å²) in [6, 6.07) is 9.95. The number of ether oxygens (including phenoxy) is 2. The summed E-state index contributed by atoms with van der Waals surface area (Å²) >= 11 is 0. The normalized spacial score (nSPS) is 22.8. The molecule has 3 atom stereocenters. The summed E-state index contributed by atoms with van der Waals surface area (Å²) in [6.07, 6.45) is 0.128. The predicted octanol–water partition coefficient (Wildman–Crippen LogP) is 1.76. The number of carbonyl (C=O) groups is 1. The van der Waals surface area contributed by atoms with Crippen LogP contribution in [-0.2, 0) is 14.3 Å². The lowest BCUT2D eigenvalue weighted by atomic mass is 10.0. The van der Waals surface area contributed by atoms with E-state index in [1.807, 2.05) is 42.2 Å². The Morgan fingerprint density at radius 3 is 2.73 bits per heavy atom. The van der Waals surface area contributed by atoms with Gasteiger partial charge in [0, 0.05) is 20.2 Å². The molecule has 0 aliphatic carbocycles. The summed E-state index contributed by atoms with van der Waals surface area (Å²) in [6.45, 7) is 3.45. The average molecular weight is 329 g/mol. The van der Waals surface area contributed by atoms with E-state index in [9.17, 15) is 4.79 Å². The first-order valence-corrected chi connectivity index (χ1v) is 7.34. The zero-order chi connectivity index (χ0) is 15.2. The Labute approximate surface area is 138 Å². The zero-order valence-electron chi connectivity index (χ0n) is 13.1. The largest absolute Gasteiger partial charge is 0.380 e. The fourth-order valence-electron chi connectivity index (χ4n) is 2.60. The molecule has 0 spiro atoms. The Kier molecular flexibility index (Phi) is 7.82. The molecule has 0 aromatic heterocycles. The summed E-state index contributed by atoms with van der Waals surface area (Å²) in [7, 11) is 1.58. The van der Waals surface area contributed by atoms with E-state index in [2.05, 4.69) is 0 Å². The minimum absolute atomic E-state index is 0. The molecule has 0 bridgehead atoms. The molecule has 1 aliphatic rings. The van der Waals surface area contributed by atoms with Crippen molar-refractivity contribution < 1.29 is 14.3 Å². The molecule has 1 heterocycles. The molecule has 0 saturated carbocycles. The van der Waals surface area contributed by atoms with Crippen LogP contribution in [0.3, 0.4) is 0 Å². The highest BCUT2D eigenvalue weighted by Crippen LogP contribution is 2.27. The van der Waals surface area contributed by atoms with Gasteiger partial charge in [-0.15, -0.1) is 12.4 Å². The van der Waals surface area contributed by atoms with E-state index in [0.717, 1.165) is 5.56 Å². The quantitative estimate of drug-likeness (QED) is 0.894. The van der Waals surface area contributed by atoms with E-state index in [4.69, 9.17) is 15.2 Å². The van der Waals surface area contributed by atoms with Gasteiger partial charge in [-0.05, 0) is 12.5 Å². The van der Waals surface area contributed by atoms with Crippen LogP contribution >= 0.6 is 12.4 Å². The van der Waals surface area contributed by atoms with Crippen molar-refractivity contribution in [3.63, 3.8) is 0 Å². The molecule has 124 valence electrons. The van der Waals surface area contributed by atoms with Gasteiger partial charge in [0.1, 0.15) is 0 Å². The third-order valence-corrected chi connectivity index (χ3v) is 3.87. The van der Waals surface area contributed by atoms with Gasteiger partial charge >= 0.3 is 0 Å². The Bertz CT molecular complexity index is 454. The predicted molar refractivity (Wildman–Crippen MR) is 88.0 cm³/mol. The van der Waals surface area contributed by atoms with Crippen molar-refractivity contribution in [2.45, 2.75) is 31.6 Å². The maximum absolute atomic E-state index is 12.6. The standard InChI is InChI=1S/C16H24N2O3.ClH/c1-12-10-18(16(19)8-14(9-17)20-2)15(11-21-12)13-6-4-3-5-7-13;/h3-7,12,14-15H,8-11,17H2,1-2H3;1H. The van der Waals surface area contributed by atoms with Crippen molar-refractivity contribution in [1.29, 1.82) is 0 Å². The molecule has 1 fully saturated rings. The molecule has 1 amide bonds. The molecule has 5 nitrogen and oxygen atoms in total. The fourth-order valence-corrected chi connectivity index (χ4v) is 2.60. The smallest absolute Gasteiger partial charge is 0.225 e. The van der Waals surface area contributed by atoms with Gasteiger partial charge < -0.3 is 20.1 Å². The number of carbonyl (C=O) groups excluding carboxylic acids is 1. The van der Waals surface area contributed by atoms with Crippen molar-refractivity contribution >= 4 is 18.3 Å². The van der Waals surface area contributed by atoms with Gasteiger partial charge in [-0.3, -0.25) is 4.79 Å². The highest BCUT2D eigenvalue weighted by Gasteiger charge is 2.32. The van der Waals surface area contributed by atoms with Crippen LogP contribution in [0.5, 0.6) is 0 Å². The first kappa shape index (κ1) is 18.9. The number of rotatable bonds is 5. The number of morpholine rings is 1. The molecule has 22 heavy (non-hydrogen) atoms. The number of methoxy groups -OCH3 is 1. The van der Waals surface area contributed by atoms with Crippen LogP contribution in [0, 0.1) is 0 Å². The molecule has 1 aromatic carbocycles. The molecule has 2 N–H and O–H groups in total. The number of hydrogen-bond donors (Lipinski definition) is 1. The minimum atomic E-state index is -0.230. The van der Waals surface area contributed by atoms with Crippen LogP contribution in [0.1, 0.15) is 24.9 Å². The molecule has 1 saturated heterocycles. The first-order valence-electron chi connectivity index (χ1n) is 7.34. The van der Waals surface area contributed by atoms with Gasteiger partial charge in [-0.1, -0.05) is 30.3 Å². The fraction of sp³-hybridized carbons (Fsp3) is 0.562. The van der Waals surface area contributed by atoms with Crippen molar-refractivity contribution in [3.05, 3.63) is 35.9 Å². The minimum Gasteiger partial charge on any atom is -0.380 e. The Balaban J connectivity index is 0.00000242. The average Bonchev–Trinajstić information content (AvgIpc) is 2.53. The topological polar surface area (TPSA) is 64.8 Å². The van der Waals surface area contributed by atoms with Crippen molar-refractivity contribution in [1.82, 2.24) is 4.90 Å². The number of nitrogens with zero attached hydrogens (tertiary/aromatic N) is 1. The van der Waals surface area contributed by atoms with Gasteiger partial charge in [-0.25, -0.2) is 0 Å². The molecule has 3 unspecified atom stereocenters. The highest BCUT2D eigenvalue weighted by molar-refractivity contribution is 5.85. The molecular formula is C16H25ClN2O3. The maximum Gasteiger partial charge on any atom is 0.225 e. The number of benzene rings is 1.